The summed E-state index contributed by atoms with van der Waals surface area (Å²) in [6.07, 6.45) is 5.55. The Morgan fingerprint density at radius 1 is 1.23 bits per heavy atom. The van der Waals surface area contributed by atoms with Crippen LogP contribution in [-0.2, 0) is 0 Å². The topological polar surface area (TPSA) is 118 Å². The number of fused-ring (bicyclic) bond motifs is 1. The fourth-order valence-corrected chi connectivity index (χ4v) is 3.81. The lowest BCUT2D eigenvalue weighted by atomic mass is 10.2. The van der Waals surface area contributed by atoms with Crippen LogP contribution in [-0.4, -0.2) is 72.8 Å². The molecule has 0 amide bonds. The largest absolute Gasteiger partial charge is 0.493 e. The van der Waals surface area contributed by atoms with E-state index < -0.39 is 5.69 Å². The van der Waals surface area contributed by atoms with Gasteiger partial charge in [-0.3, -0.25) is 14.9 Å². The first-order valence-corrected chi connectivity index (χ1v) is 10.4. The molecule has 10 nitrogen and oxygen atoms in total. The maximum atomic E-state index is 11.5. The van der Waals surface area contributed by atoms with E-state index in [-0.39, 0.29) is 5.88 Å². The van der Waals surface area contributed by atoms with Gasteiger partial charge in [-0.05, 0) is 32.8 Å². The Bertz CT molecular complexity index is 1240. The predicted octanol–water partition coefficient (Wildman–Crippen LogP) is -0.407. The number of anilines is 1. The zero-order valence-electron chi connectivity index (χ0n) is 17.2. The first-order valence-electron chi connectivity index (χ1n) is 10.4. The van der Waals surface area contributed by atoms with E-state index in [4.69, 9.17) is 9.98 Å². The molecule has 1 saturated heterocycles. The van der Waals surface area contributed by atoms with Crippen LogP contribution >= 0.6 is 0 Å². The first-order chi connectivity index (χ1) is 14.5. The van der Waals surface area contributed by atoms with Gasteiger partial charge in [-0.15, -0.1) is 0 Å². The van der Waals surface area contributed by atoms with Crippen LogP contribution in [0.4, 0.5) is 5.82 Å². The van der Waals surface area contributed by atoms with E-state index in [1.165, 1.54) is 0 Å². The Morgan fingerprint density at radius 3 is 2.63 bits per heavy atom. The van der Waals surface area contributed by atoms with Gasteiger partial charge in [-0.25, -0.2) is 9.78 Å². The van der Waals surface area contributed by atoms with Crippen molar-refractivity contribution in [3.8, 4) is 5.88 Å². The first kappa shape index (κ1) is 18.9. The summed E-state index contributed by atoms with van der Waals surface area (Å²) in [6.45, 7) is 8.25. The number of imidazole rings is 1. The Balaban J connectivity index is 1.60. The van der Waals surface area contributed by atoms with Crippen LogP contribution in [0.15, 0.2) is 22.1 Å². The number of rotatable bonds is 4. The SMILES string of the molecule is CC(C)N1CCN(c2cc(=NC3CC3)n3ncc(=Cc4[nH]c(=O)[nH]c4O)c3n2)CC1. The lowest BCUT2D eigenvalue weighted by molar-refractivity contribution is 0.209. The van der Waals surface area contributed by atoms with Gasteiger partial charge in [-0.2, -0.15) is 9.61 Å². The molecular weight excluding hydrogens is 384 g/mol. The number of nitrogens with zero attached hydrogens (tertiary/aromatic N) is 6. The fourth-order valence-electron chi connectivity index (χ4n) is 3.81. The molecule has 3 aromatic heterocycles. The molecule has 158 valence electrons. The summed E-state index contributed by atoms with van der Waals surface area (Å²) < 4.78 is 1.74. The van der Waals surface area contributed by atoms with Gasteiger partial charge in [0.05, 0.1) is 12.2 Å². The van der Waals surface area contributed by atoms with Crippen molar-refractivity contribution in [2.45, 2.75) is 38.8 Å². The molecule has 3 N–H and O–H groups in total. The summed E-state index contributed by atoms with van der Waals surface area (Å²) in [5.41, 5.74) is 1.28. The molecule has 5 rings (SSSR count). The van der Waals surface area contributed by atoms with Gasteiger partial charge in [0.15, 0.2) is 11.1 Å². The van der Waals surface area contributed by atoms with Crippen molar-refractivity contribution in [3.05, 3.63) is 39.1 Å². The molecule has 0 aromatic carbocycles. The van der Waals surface area contributed by atoms with Crippen molar-refractivity contribution in [1.29, 1.82) is 0 Å². The van der Waals surface area contributed by atoms with Crippen LogP contribution in [0.2, 0.25) is 0 Å². The quantitative estimate of drug-likeness (QED) is 0.538. The summed E-state index contributed by atoms with van der Waals surface area (Å²) in [5.74, 6) is 0.676. The highest BCUT2D eigenvalue weighted by Gasteiger charge is 2.23. The maximum Gasteiger partial charge on any atom is 0.326 e. The van der Waals surface area contributed by atoms with E-state index in [1.54, 1.807) is 16.8 Å². The standard InChI is InChI=1S/C20H26N8O2/c1-12(2)26-5-7-27(8-6-26)16-10-17(22-14-3-4-14)28-18(24-16)13(11-21-28)9-15-19(29)25-20(30)23-15/h9-12,14,29H,3-8H2,1-2H3,(H2,23,25,30). The molecule has 2 aliphatic rings. The zero-order chi connectivity index (χ0) is 20.8. The average molecular weight is 410 g/mol. The molecule has 0 spiro atoms. The van der Waals surface area contributed by atoms with E-state index in [2.05, 4.69) is 38.7 Å². The number of aromatic nitrogens is 5. The van der Waals surface area contributed by atoms with Crippen molar-refractivity contribution in [1.82, 2.24) is 29.5 Å². The number of nitrogens with one attached hydrogen (secondary N) is 2. The second-order valence-electron chi connectivity index (χ2n) is 8.27. The molecule has 0 bridgehead atoms. The number of hydrogen-bond acceptors (Lipinski definition) is 7. The van der Waals surface area contributed by atoms with Gasteiger partial charge in [0.25, 0.3) is 0 Å². The third kappa shape index (κ3) is 3.58. The predicted molar refractivity (Wildman–Crippen MR) is 112 cm³/mol. The molecule has 10 heteroatoms. The van der Waals surface area contributed by atoms with Crippen molar-refractivity contribution in [2.24, 2.45) is 4.99 Å². The molecule has 0 atom stereocenters. The van der Waals surface area contributed by atoms with Crippen LogP contribution in [0.3, 0.4) is 0 Å². The third-order valence-corrected chi connectivity index (χ3v) is 5.73. The molecule has 2 fully saturated rings. The van der Waals surface area contributed by atoms with E-state index in [1.807, 2.05) is 6.07 Å². The number of H-pyrrole nitrogens is 2. The molecule has 1 aliphatic heterocycles. The Kier molecular flexibility index (Phi) is 4.58. The zero-order valence-corrected chi connectivity index (χ0v) is 17.2. The van der Waals surface area contributed by atoms with Crippen molar-refractivity contribution in [3.63, 3.8) is 0 Å². The minimum atomic E-state index is -0.462. The van der Waals surface area contributed by atoms with Crippen LogP contribution < -0.4 is 21.3 Å². The number of hydrogen-bond donors (Lipinski definition) is 3. The van der Waals surface area contributed by atoms with Gasteiger partial charge in [0, 0.05) is 43.5 Å². The fraction of sp³-hybridized carbons (Fsp3) is 0.500. The normalized spacial score (nSPS) is 19.5. The lowest BCUT2D eigenvalue weighted by Gasteiger charge is -2.37. The van der Waals surface area contributed by atoms with E-state index in [0.29, 0.717) is 28.6 Å². The van der Waals surface area contributed by atoms with Gasteiger partial charge >= 0.3 is 5.69 Å². The summed E-state index contributed by atoms with van der Waals surface area (Å²) in [6, 6.07) is 2.90. The lowest BCUT2D eigenvalue weighted by Crippen LogP contribution is -2.49. The molecule has 3 aromatic rings. The van der Waals surface area contributed by atoms with Crippen LogP contribution in [0.1, 0.15) is 32.4 Å². The maximum absolute atomic E-state index is 11.5. The molecule has 4 heterocycles. The van der Waals surface area contributed by atoms with Crippen molar-refractivity contribution in [2.75, 3.05) is 31.1 Å². The summed E-state index contributed by atoms with van der Waals surface area (Å²) >= 11 is 0. The molecule has 0 radical (unpaired) electrons. The van der Waals surface area contributed by atoms with Crippen LogP contribution in [0.5, 0.6) is 5.88 Å². The number of piperazine rings is 1. The monoisotopic (exact) mass is 410 g/mol. The minimum absolute atomic E-state index is 0.205. The minimum Gasteiger partial charge on any atom is -0.493 e. The van der Waals surface area contributed by atoms with Gasteiger partial charge in [-0.1, -0.05) is 0 Å². The number of aromatic amines is 2. The highest BCUT2D eigenvalue weighted by molar-refractivity contribution is 5.58. The molecular formula is C20H26N8O2. The van der Waals surface area contributed by atoms with Gasteiger partial charge in [0.2, 0.25) is 5.88 Å². The van der Waals surface area contributed by atoms with E-state index in [9.17, 15) is 9.90 Å². The van der Waals surface area contributed by atoms with E-state index >= 15 is 0 Å². The molecule has 0 unspecified atom stereocenters. The molecule has 30 heavy (non-hydrogen) atoms. The van der Waals surface area contributed by atoms with Gasteiger partial charge < -0.3 is 15.0 Å². The van der Waals surface area contributed by atoms with Crippen LogP contribution in [0, 0.1) is 0 Å². The molecule has 1 aliphatic carbocycles. The smallest absolute Gasteiger partial charge is 0.326 e. The molecule has 1 saturated carbocycles. The van der Waals surface area contributed by atoms with Gasteiger partial charge in [0.1, 0.15) is 11.5 Å². The summed E-state index contributed by atoms with van der Waals surface area (Å²) in [7, 11) is 0. The third-order valence-electron chi connectivity index (χ3n) is 5.73. The second kappa shape index (κ2) is 7.28. The Labute approximate surface area is 172 Å². The van der Waals surface area contributed by atoms with Crippen molar-refractivity contribution >= 4 is 17.5 Å². The van der Waals surface area contributed by atoms with Crippen LogP contribution in [0.25, 0.3) is 11.7 Å². The highest BCUT2D eigenvalue weighted by atomic mass is 16.3. The number of aromatic hydroxyl groups is 1. The van der Waals surface area contributed by atoms with Crippen molar-refractivity contribution < 1.29 is 5.11 Å². The Morgan fingerprint density at radius 2 is 2.00 bits per heavy atom. The summed E-state index contributed by atoms with van der Waals surface area (Å²) in [5, 5.41) is 15.1. The van der Waals surface area contributed by atoms with E-state index in [0.717, 1.165) is 50.3 Å². The average Bonchev–Trinajstić information content (AvgIpc) is 3.36. The summed E-state index contributed by atoms with van der Waals surface area (Å²) in [4.78, 5) is 30.8. The highest BCUT2D eigenvalue weighted by Crippen LogP contribution is 2.23. The second-order valence-corrected chi connectivity index (χ2v) is 8.27. The Hall–Kier alpha value is -3.14.